The Labute approximate surface area is 86.6 Å². The third-order valence-electron chi connectivity index (χ3n) is 2.12. The summed E-state index contributed by atoms with van der Waals surface area (Å²) in [6.07, 6.45) is 0. The van der Waals surface area contributed by atoms with E-state index >= 15 is 0 Å². The standard InChI is InChI=1S/C11H11NOS/c12-11(10-6-3-7-14-10)8-4-1-2-5-9(8)13/h1-7,11,13H,12H2/t11-/m1/s1. The van der Waals surface area contributed by atoms with Gasteiger partial charge >= 0.3 is 0 Å². The predicted molar refractivity (Wildman–Crippen MR) is 58.5 cm³/mol. The normalized spacial score (nSPS) is 12.6. The Morgan fingerprint density at radius 2 is 1.93 bits per heavy atom. The number of hydrogen-bond donors (Lipinski definition) is 2. The lowest BCUT2D eigenvalue weighted by Gasteiger charge is -2.11. The predicted octanol–water partition coefficient (Wildman–Crippen LogP) is 2.50. The van der Waals surface area contributed by atoms with Crippen LogP contribution < -0.4 is 5.73 Å². The number of aromatic hydroxyl groups is 1. The first-order valence-electron chi connectivity index (χ1n) is 4.36. The first kappa shape index (κ1) is 9.24. The largest absolute Gasteiger partial charge is 0.508 e. The number of rotatable bonds is 2. The monoisotopic (exact) mass is 205 g/mol. The summed E-state index contributed by atoms with van der Waals surface area (Å²) in [7, 11) is 0. The molecule has 72 valence electrons. The number of hydrogen-bond acceptors (Lipinski definition) is 3. The van der Waals surface area contributed by atoms with E-state index in [2.05, 4.69) is 0 Å². The summed E-state index contributed by atoms with van der Waals surface area (Å²) in [5.74, 6) is 0.258. The molecule has 2 rings (SSSR count). The van der Waals surface area contributed by atoms with Crippen molar-refractivity contribution in [2.45, 2.75) is 6.04 Å². The summed E-state index contributed by atoms with van der Waals surface area (Å²) in [5.41, 5.74) is 6.79. The summed E-state index contributed by atoms with van der Waals surface area (Å²) in [4.78, 5) is 1.06. The molecule has 0 aliphatic heterocycles. The van der Waals surface area contributed by atoms with Crippen LogP contribution in [0, 0.1) is 0 Å². The van der Waals surface area contributed by atoms with Crippen molar-refractivity contribution in [1.82, 2.24) is 0 Å². The van der Waals surface area contributed by atoms with E-state index in [9.17, 15) is 5.11 Å². The van der Waals surface area contributed by atoms with Gasteiger partial charge in [0, 0.05) is 10.4 Å². The van der Waals surface area contributed by atoms with Crippen molar-refractivity contribution in [1.29, 1.82) is 0 Å². The van der Waals surface area contributed by atoms with E-state index < -0.39 is 0 Å². The number of phenolic OH excluding ortho intramolecular Hbond substituents is 1. The van der Waals surface area contributed by atoms with Crippen molar-refractivity contribution in [2.24, 2.45) is 5.73 Å². The molecular formula is C11H11NOS. The van der Waals surface area contributed by atoms with Gasteiger partial charge in [0.1, 0.15) is 5.75 Å². The maximum absolute atomic E-state index is 9.60. The van der Waals surface area contributed by atoms with Crippen LogP contribution in [0.4, 0.5) is 0 Å². The lowest BCUT2D eigenvalue weighted by molar-refractivity contribution is 0.465. The molecule has 0 bridgehead atoms. The van der Waals surface area contributed by atoms with Crippen LogP contribution in [0.3, 0.4) is 0 Å². The molecule has 1 aromatic carbocycles. The Hall–Kier alpha value is -1.32. The van der Waals surface area contributed by atoms with Gasteiger partial charge in [-0.1, -0.05) is 24.3 Å². The Kier molecular flexibility index (Phi) is 2.52. The highest BCUT2D eigenvalue weighted by Crippen LogP contribution is 2.29. The molecule has 3 N–H and O–H groups in total. The van der Waals surface area contributed by atoms with Gasteiger partial charge in [0.2, 0.25) is 0 Å². The molecule has 0 unspecified atom stereocenters. The van der Waals surface area contributed by atoms with Crippen molar-refractivity contribution in [3.63, 3.8) is 0 Å². The number of thiophene rings is 1. The van der Waals surface area contributed by atoms with Gasteiger partial charge in [0.05, 0.1) is 6.04 Å². The van der Waals surface area contributed by atoms with Crippen LogP contribution in [0.25, 0.3) is 0 Å². The molecule has 0 aliphatic carbocycles. The van der Waals surface area contributed by atoms with Crippen LogP contribution in [-0.2, 0) is 0 Å². The van der Waals surface area contributed by atoms with Gasteiger partial charge in [-0.05, 0) is 17.5 Å². The van der Waals surface area contributed by atoms with E-state index in [0.717, 1.165) is 10.4 Å². The van der Waals surface area contributed by atoms with Crippen LogP contribution >= 0.6 is 11.3 Å². The average Bonchev–Trinajstić information content (AvgIpc) is 2.70. The molecule has 0 spiro atoms. The Balaban J connectivity index is 2.37. The van der Waals surface area contributed by atoms with E-state index in [4.69, 9.17) is 5.73 Å². The second-order valence-corrected chi connectivity index (χ2v) is 4.03. The third kappa shape index (κ3) is 1.64. The highest BCUT2D eigenvalue weighted by Gasteiger charge is 2.12. The summed E-state index contributed by atoms with van der Waals surface area (Å²) >= 11 is 1.60. The summed E-state index contributed by atoms with van der Waals surface area (Å²) < 4.78 is 0. The van der Waals surface area contributed by atoms with Crippen molar-refractivity contribution < 1.29 is 5.11 Å². The van der Waals surface area contributed by atoms with Gasteiger partial charge in [-0.25, -0.2) is 0 Å². The van der Waals surface area contributed by atoms with Gasteiger partial charge in [-0.3, -0.25) is 0 Å². The molecule has 1 heterocycles. The summed E-state index contributed by atoms with van der Waals surface area (Å²) in [6, 6.07) is 10.9. The van der Waals surface area contributed by atoms with Crippen molar-refractivity contribution >= 4 is 11.3 Å². The van der Waals surface area contributed by atoms with Crippen LogP contribution in [0.2, 0.25) is 0 Å². The first-order chi connectivity index (χ1) is 6.79. The molecule has 0 amide bonds. The highest BCUT2D eigenvalue weighted by atomic mass is 32.1. The fourth-order valence-corrected chi connectivity index (χ4v) is 2.12. The summed E-state index contributed by atoms with van der Waals surface area (Å²) in [6.45, 7) is 0. The fraction of sp³-hybridized carbons (Fsp3) is 0.0909. The van der Waals surface area contributed by atoms with Gasteiger partial charge in [-0.2, -0.15) is 0 Å². The second kappa shape index (κ2) is 3.82. The minimum atomic E-state index is -0.226. The van der Waals surface area contributed by atoms with Crippen LogP contribution in [-0.4, -0.2) is 5.11 Å². The minimum Gasteiger partial charge on any atom is -0.508 e. The average molecular weight is 205 g/mol. The Morgan fingerprint density at radius 3 is 2.57 bits per heavy atom. The molecule has 14 heavy (non-hydrogen) atoms. The molecule has 1 atom stereocenters. The van der Waals surface area contributed by atoms with Crippen LogP contribution in [0.1, 0.15) is 16.5 Å². The van der Waals surface area contributed by atoms with E-state index in [0.29, 0.717) is 0 Å². The zero-order chi connectivity index (χ0) is 9.97. The van der Waals surface area contributed by atoms with E-state index in [1.807, 2.05) is 29.6 Å². The first-order valence-corrected chi connectivity index (χ1v) is 5.24. The zero-order valence-corrected chi connectivity index (χ0v) is 8.37. The molecule has 2 aromatic rings. The van der Waals surface area contributed by atoms with Gasteiger partial charge in [0.15, 0.2) is 0 Å². The molecule has 0 radical (unpaired) electrons. The van der Waals surface area contributed by atoms with E-state index in [1.54, 1.807) is 23.5 Å². The smallest absolute Gasteiger partial charge is 0.120 e. The molecule has 1 aromatic heterocycles. The SMILES string of the molecule is N[C@@H](c1cccs1)c1ccccc1O. The molecule has 0 aliphatic rings. The van der Waals surface area contributed by atoms with Gasteiger partial charge in [0.25, 0.3) is 0 Å². The summed E-state index contributed by atoms with van der Waals surface area (Å²) in [5, 5.41) is 11.6. The van der Waals surface area contributed by atoms with Crippen LogP contribution in [0.5, 0.6) is 5.75 Å². The molecule has 3 heteroatoms. The number of para-hydroxylation sites is 1. The van der Waals surface area contributed by atoms with Gasteiger partial charge < -0.3 is 10.8 Å². The van der Waals surface area contributed by atoms with Crippen LogP contribution in [0.15, 0.2) is 41.8 Å². The van der Waals surface area contributed by atoms with E-state index in [-0.39, 0.29) is 11.8 Å². The Bertz CT molecular complexity index is 411. The van der Waals surface area contributed by atoms with Crippen molar-refractivity contribution in [3.8, 4) is 5.75 Å². The lowest BCUT2D eigenvalue weighted by atomic mass is 10.1. The third-order valence-corrected chi connectivity index (χ3v) is 3.08. The maximum Gasteiger partial charge on any atom is 0.120 e. The molecule has 0 saturated carbocycles. The van der Waals surface area contributed by atoms with E-state index in [1.165, 1.54) is 0 Å². The number of benzene rings is 1. The maximum atomic E-state index is 9.60. The molecule has 0 saturated heterocycles. The quantitative estimate of drug-likeness (QED) is 0.791. The molecule has 2 nitrogen and oxygen atoms in total. The highest BCUT2D eigenvalue weighted by molar-refractivity contribution is 7.10. The fourth-order valence-electron chi connectivity index (χ4n) is 1.37. The molecular weight excluding hydrogens is 194 g/mol. The second-order valence-electron chi connectivity index (χ2n) is 3.05. The minimum absolute atomic E-state index is 0.226. The number of phenols is 1. The Morgan fingerprint density at radius 1 is 1.14 bits per heavy atom. The van der Waals surface area contributed by atoms with Gasteiger partial charge in [-0.15, -0.1) is 11.3 Å². The lowest BCUT2D eigenvalue weighted by Crippen LogP contribution is -2.10. The zero-order valence-electron chi connectivity index (χ0n) is 7.55. The van der Waals surface area contributed by atoms with Crippen molar-refractivity contribution in [3.05, 3.63) is 52.2 Å². The topological polar surface area (TPSA) is 46.2 Å². The number of nitrogens with two attached hydrogens (primary N) is 1. The van der Waals surface area contributed by atoms with Crippen molar-refractivity contribution in [2.75, 3.05) is 0 Å². The molecule has 0 fully saturated rings.